The van der Waals surface area contributed by atoms with Gasteiger partial charge in [0.25, 0.3) is 0 Å². The number of piperidine rings is 1. The van der Waals surface area contributed by atoms with Gasteiger partial charge in [-0.05, 0) is 57.5 Å². The summed E-state index contributed by atoms with van der Waals surface area (Å²) in [5.41, 5.74) is 1.39. The Bertz CT molecular complexity index is 357. The van der Waals surface area contributed by atoms with Crippen LogP contribution in [-0.4, -0.2) is 38.1 Å². The van der Waals surface area contributed by atoms with E-state index in [9.17, 15) is 0 Å². The summed E-state index contributed by atoms with van der Waals surface area (Å²) in [4.78, 5) is 4.89. The fraction of sp³-hybridized carbons (Fsp3) is 0.700. The first-order valence-corrected chi connectivity index (χ1v) is 9.28. The van der Waals surface area contributed by atoms with Crippen LogP contribution >= 0.6 is 0 Å². The normalized spacial score (nSPS) is 21.5. The Morgan fingerprint density at radius 3 is 2.05 bits per heavy atom. The molecule has 3 rings (SSSR count). The molecule has 2 saturated heterocycles. The summed E-state index contributed by atoms with van der Waals surface area (Å²) in [5, 5.41) is 0. The van der Waals surface area contributed by atoms with Crippen LogP contribution in [0.25, 0.3) is 0 Å². The quantitative estimate of drug-likeness (QED) is 0.754. The number of para-hydroxylation sites is 1. The largest absolute Gasteiger partial charge is 0.371 e. The maximum Gasteiger partial charge on any atom is 0.0366 e. The summed E-state index contributed by atoms with van der Waals surface area (Å²) < 4.78 is 0. The van der Waals surface area contributed by atoms with Gasteiger partial charge in [-0.15, -0.1) is 0 Å². The summed E-state index contributed by atoms with van der Waals surface area (Å²) >= 11 is 0. The lowest BCUT2D eigenvalue weighted by Gasteiger charge is -2.20. The number of benzene rings is 1. The molecule has 22 heavy (non-hydrogen) atoms. The fourth-order valence-corrected chi connectivity index (χ4v) is 3.09. The van der Waals surface area contributed by atoms with Crippen molar-refractivity contribution in [2.45, 2.75) is 52.9 Å². The van der Waals surface area contributed by atoms with E-state index in [1.54, 1.807) is 0 Å². The lowest BCUT2D eigenvalue weighted by Crippen LogP contribution is -2.24. The standard InChI is InChI=1S/C12H17N.C6H13N.C2H6/c1-2-11-8-9-13(10-11)12-6-4-3-5-7-12;1-7-5-3-2-4-6-7;1-2/h3-7,11H,2,8-10H2,1H3;2-6H2,1H3;1-2H3. The summed E-state index contributed by atoms with van der Waals surface area (Å²) in [5.74, 6) is 0.917. The van der Waals surface area contributed by atoms with Crippen LogP contribution in [0.4, 0.5) is 5.69 Å². The van der Waals surface area contributed by atoms with E-state index < -0.39 is 0 Å². The van der Waals surface area contributed by atoms with E-state index in [1.807, 2.05) is 13.8 Å². The molecular weight excluding hydrogens is 268 g/mol. The number of nitrogens with zero attached hydrogens (tertiary/aromatic N) is 2. The van der Waals surface area contributed by atoms with Crippen molar-refractivity contribution in [3.8, 4) is 0 Å². The van der Waals surface area contributed by atoms with Crippen LogP contribution in [0.5, 0.6) is 0 Å². The van der Waals surface area contributed by atoms with Crippen molar-refractivity contribution in [2.24, 2.45) is 5.92 Å². The smallest absolute Gasteiger partial charge is 0.0366 e. The topological polar surface area (TPSA) is 6.48 Å². The zero-order valence-corrected chi connectivity index (χ0v) is 15.2. The van der Waals surface area contributed by atoms with Gasteiger partial charge < -0.3 is 9.80 Å². The highest BCUT2D eigenvalue weighted by molar-refractivity contribution is 5.46. The van der Waals surface area contributed by atoms with Gasteiger partial charge in [0, 0.05) is 18.8 Å². The Labute approximate surface area is 138 Å². The van der Waals surface area contributed by atoms with E-state index in [2.05, 4.69) is 54.1 Å². The van der Waals surface area contributed by atoms with Crippen LogP contribution in [0.15, 0.2) is 30.3 Å². The second kappa shape index (κ2) is 11.5. The first-order valence-electron chi connectivity index (χ1n) is 9.28. The number of hydrogen-bond acceptors (Lipinski definition) is 2. The van der Waals surface area contributed by atoms with E-state index in [4.69, 9.17) is 0 Å². The second-order valence-electron chi connectivity index (χ2n) is 6.21. The molecule has 0 bridgehead atoms. The van der Waals surface area contributed by atoms with E-state index in [1.165, 1.54) is 64.0 Å². The molecule has 0 spiro atoms. The number of anilines is 1. The Hall–Kier alpha value is -1.02. The molecule has 1 aromatic rings. The average Bonchev–Trinajstić information content (AvgIpc) is 3.08. The van der Waals surface area contributed by atoms with Gasteiger partial charge in [-0.2, -0.15) is 0 Å². The molecule has 2 fully saturated rings. The first-order chi connectivity index (χ1) is 10.8. The number of likely N-dealkylation sites (tertiary alicyclic amines) is 1. The van der Waals surface area contributed by atoms with Crippen molar-refractivity contribution in [2.75, 3.05) is 38.1 Å². The van der Waals surface area contributed by atoms with Gasteiger partial charge in [-0.25, -0.2) is 0 Å². The van der Waals surface area contributed by atoms with Crippen LogP contribution in [0.3, 0.4) is 0 Å². The van der Waals surface area contributed by atoms with Gasteiger partial charge in [0.15, 0.2) is 0 Å². The fourth-order valence-electron chi connectivity index (χ4n) is 3.09. The van der Waals surface area contributed by atoms with Crippen molar-refractivity contribution in [1.82, 2.24) is 4.90 Å². The highest BCUT2D eigenvalue weighted by atomic mass is 15.1. The minimum absolute atomic E-state index is 0.917. The minimum Gasteiger partial charge on any atom is -0.371 e. The SMILES string of the molecule is CC.CCC1CCN(c2ccccc2)C1.CN1CCCCC1. The van der Waals surface area contributed by atoms with Gasteiger partial charge in [0.1, 0.15) is 0 Å². The van der Waals surface area contributed by atoms with E-state index in [0.717, 1.165) is 5.92 Å². The molecule has 2 heterocycles. The Balaban J connectivity index is 0.000000228. The summed E-state index contributed by atoms with van der Waals surface area (Å²) in [7, 11) is 2.19. The molecular formula is C20H36N2. The van der Waals surface area contributed by atoms with Gasteiger partial charge in [-0.1, -0.05) is 51.8 Å². The maximum atomic E-state index is 2.49. The lowest BCUT2D eigenvalue weighted by molar-refractivity contribution is 0.277. The van der Waals surface area contributed by atoms with Crippen molar-refractivity contribution in [3.63, 3.8) is 0 Å². The molecule has 2 aliphatic rings. The highest BCUT2D eigenvalue weighted by Crippen LogP contribution is 2.24. The van der Waals surface area contributed by atoms with E-state index in [0.29, 0.717) is 0 Å². The molecule has 0 aliphatic carbocycles. The van der Waals surface area contributed by atoms with Gasteiger partial charge in [0.05, 0.1) is 0 Å². The zero-order chi connectivity index (χ0) is 16.2. The molecule has 126 valence electrons. The maximum absolute atomic E-state index is 2.49. The predicted molar refractivity (Wildman–Crippen MR) is 99.7 cm³/mol. The second-order valence-corrected chi connectivity index (χ2v) is 6.21. The third-order valence-electron chi connectivity index (χ3n) is 4.56. The van der Waals surface area contributed by atoms with Crippen LogP contribution in [0.2, 0.25) is 0 Å². The Kier molecular flexibility index (Phi) is 9.98. The van der Waals surface area contributed by atoms with Crippen LogP contribution in [-0.2, 0) is 0 Å². The summed E-state index contributed by atoms with van der Waals surface area (Å²) in [6.07, 6.45) is 6.96. The molecule has 1 aromatic carbocycles. The molecule has 1 atom stereocenters. The van der Waals surface area contributed by atoms with E-state index >= 15 is 0 Å². The van der Waals surface area contributed by atoms with Crippen LogP contribution in [0, 0.1) is 5.92 Å². The summed E-state index contributed by atoms with van der Waals surface area (Å²) in [6.45, 7) is 11.4. The number of hydrogen-bond donors (Lipinski definition) is 0. The van der Waals surface area contributed by atoms with Gasteiger partial charge >= 0.3 is 0 Å². The van der Waals surface area contributed by atoms with Gasteiger partial charge in [0.2, 0.25) is 0 Å². The number of rotatable bonds is 2. The van der Waals surface area contributed by atoms with Crippen LogP contribution in [0.1, 0.15) is 52.9 Å². The molecule has 2 nitrogen and oxygen atoms in total. The lowest BCUT2D eigenvalue weighted by atomic mass is 10.1. The van der Waals surface area contributed by atoms with Crippen LogP contribution < -0.4 is 4.90 Å². The third kappa shape index (κ3) is 6.83. The first kappa shape index (κ1) is 19.0. The molecule has 0 radical (unpaired) electrons. The Morgan fingerprint density at radius 1 is 0.955 bits per heavy atom. The molecule has 0 N–H and O–H groups in total. The van der Waals surface area contributed by atoms with Gasteiger partial charge in [-0.3, -0.25) is 0 Å². The predicted octanol–water partition coefficient (Wildman–Crippen LogP) is 5.05. The highest BCUT2D eigenvalue weighted by Gasteiger charge is 2.20. The molecule has 0 aromatic heterocycles. The Morgan fingerprint density at radius 2 is 1.59 bits per heavy atom. The average molecular weight is 305 g/mol. The molecule has 2 aliphatic heterocycles. The molecule has 2 heteroatoms. The molecule has 1 unspecified atom stereocenters. The zero-order valence-electron chi connectivity index (χ0n) is 15.2. The molecule has 0 saturated carbocycles. The van der Waals surface area contributed by atoms with Crippen molar-refractivity contribution >= 4 is 5.69 Å². The van der Waals surface area contributed by atoms with E-state index in [-0.39, 0.29) is 0 Å². The summed E-state index contributed by atoms with van der Waals surface area (Å²) in [6, 6.07) is 10.7. The monoisotopic (exact) mass is 304 g/mol. The third-order valence-corrected chi connectivity index (χ3v) is 4.56. The molecule has 0 amide bonds. The van der Waals surface area contributed by atoms with Crippen molar-refractivity contribution in [1.29, 1.82) is 0 Å². The van der Waals surface area contributed by atoms with Crippen molar-refractivity contribution in [3.05, 3.63) is 30.3 Å². The minimum atomic E-state index is 0.917. The van der Waals surface area contributed by atoms with Crippen molar-refractivity contribution < 1.29 is 0 Å².